The van der Waals surface area contributed by atoms with E-state index in [2.05, 4.69) is 27.9 Å². The van der Waals surface area contributed by atoms with E-state index < -0.39 is 0 Å². The van der Waals surface area contributed by atoms with E-state index in [1.165, 1.54) is 0 Å². The van der Waals surface area contributed by atoms with Crippen LogP contribution in [-0.2, 0) is 0 Å². The molecule has 1 atom stereocenters. The van der Waals surface area contributed by atoms with Crippen molar-refractivity contribution in [3.05, 3.63) is 33.5 Å². The predicted molar refractivity (Wildman–Crippen MR) is 52.3 cm³/mol. The Labute approximate surface area is 78.2 Å². The average Bonchev–Trinajstić information content (AvgIpc) is 2.39. The van der Waals surface area contributed by atoms with Crippen molar-refractivity contribution in [3.8, 4) is 0 Å². The van der Waals surface area contributed by atoms with Crippen molar-refractivity contribution in [2.75, 3.05) is 0 Å². The van der Waals surface area contributed by atoms with Crippen LogP contribution in [0.4, 0.5) is 0 Å². The number of nitrogens with two attached hydrogens (primary N) is 1. The fourth-order valence-corrected chi connectivity index (χ4v) is 2.00. The van der Waals surface area contributed by atoms with Crippen molar-refractivity contribution in [1.82, 2.24) is 5.43 Å². The second kappa shape index (κ2) is 4.01. The van der Waals surface area contributed by atoms with Gasteiger partial charge in [0.25, 0.3) is 0 Å². The molecule has 0 aromatic carbocycles. The van der Waals surface area contributed by atoms with Gasteiger partial charge in [-0.15, -0.1) is 17.9 Å². The molecule has 0 radical (unpaired) electrons. The van der Waals surface area contributed by atoms with Crippen LogP contribution in [-0.4, -0.2) is 0 Å². The minimum Gasteiger partial charge on any atom is -0.271 e. The summed E-state index contributed by atoms with van der Waals surface area (Å²) in [5.41, 5.74) is 3.79. The number of nitrogens with one attached hydrogen (secondary N) is 1. The highest BCUT2D eigenvalue weighted by molar-refractivity contribution is 9.11. The third-order valence-electron chi connectivity index (χ3n) is 1.36. The molecule has 0 bridgehead atoms. The van der Waals surface area contributed by atoms with Gasteiger partial charge in [0.2, 0.25) is 0 Å². The van der Waals surface area contributed by atoms with Crippen LogP contribution >= 0.6 is 27.3 Å². The van der Waals surface area contributed by atoms with Crippen molar-refractivity contribution < 1.29 is 0 Å². The van der Waals surface area contributed by atoms with Crippen LogP contribution in [0.2, 0.25) is 0 Å². The van der Waals surface area contributed by atoms with E-state index in [0.29, 0.717) is 0 Å². The Morgan fingerprint density at radius 3 is 2.91 bits per heavy atom. The van der Waals surface area contributed by atoms with E-state index in [-0.39, 0.29) is 6.04 Å². The molecular weight excluding hydrogens is 224 g/mol. The molecule has 1 aromatic rings. The lowest BCUT2D eigenvalue weighted by molar-refractivity contribution is 0.658. The summed E-state index contributed by atoms with van der Waals surface area (Å²) in [6, 6.07) is 2.08. The molecule has 1 unspecified atom stereocenters. The molecule has 4 heteroatoms. The van der Waals surface area contributed by atoms with Gasteiger partial charge in [0, 0.05) is 0 Å². The van der Waals surface area contributed by atoms with Crippen LogP contribution < -0.4 is 11.3 Å². The van der Waals surface area contributed by atoms with E-state index in [9.17, 15) is 0 Å². The lowest BCUT2D eigenvalue weighted by atomic mass is 10.2. The molecule has 3 N–H and O–H groups in total. The zero-order valence-electron chi connectivity index (χ0n) is 5.88. The first-order chi connectivity index (χ1) is 5.27. The molecule has 0 spiro atoms. The molecule has 0 amide bonds. The number of hydrogen-bond acceptors (Lipinski definition) is 3. The predicted octanol–water partition coefficient (Wildman–Crippen LogP) is 2.20. The van der Waals surface area contributed by atoms with Gasteiger partial charge in [0.15, 0.2) is 0 Å². The monoisotopic (exact) mass is 232 g/mol. The lowest BCUT2D eigenvalue weighted by Crippen LogP contribution is -2.25. The van der Waals surface area contributed by atoms with E-state index >= 15 is 0 Å². The van der Waals surface area contributed by atoms with Crippen LogP contribution in [0.15, 0.2) is 27.9 Å². The Kier molecular flexibility index (Phi) is 3.26. The number of hydrogen-bond donors (Lipinski definition) is 2. The number of thiophene rings is 1. The maximum absolute atomic E-state index is 5.29. The molecule has 0 aliphatic carbocycles. The topological polar surface area (TPSA) is 38.0 Å². The van der Waals surface area contributed by atoms with Crippen molar-refractivity contribution >= 4 is 27.3 Å². The molecule has 0 saturated heterocycles. The third-order valence-corrected chi connectivity index (χ3v) is 2.88. The van der Waals surface area contributed by atoms with Gasteiger partial charge in [-0.05, 0) is 32.9 Å². The highest BCUT2D eigenvalue weighted by Gasteiger charge is 2.05. The minimum atomic E-state index is 0.0533. The zero-order chi connectivity index (χ0) is 8.27. The van der Waals surface area contributed by atoms with Crippen LogP contribution in [0.3, 0.4) is 0 Å². The number of hydrazine groups is 1. The SMILES string of the molecule is C=CC(NN)c1csc(Br)c1. The largest absolute Gasteiger partial charge is 0.271 e. The summed E-state index contributed by atoms with van der Waals surface area (Å²) >= 11 is 5.01. The second-order valence-electron chi connectivity index (χ2n) is 2.06. The van der Waals surface area contributed by atoms with Gasteiger partial charge in [-0.25, -0.2) is 5.43 Å². The molecular formula is C7H9BrN2S. The summed E-state index contributed by atoms with van der Waals surface area (Å²) in [7, 11) is 0. The fraction of sp³-hybridized carbons (Fsp3) is 0.143. The highest BCUT2D eigenvalue weighted by Crippen LogP contribution is 2.25. The molecule has 0 aliphatic heterocycles. The first kappa shape index (κ1) is 8.93. The van der Waals surface area contributed by atoms with E-state index in [0.717, 1.165) is 9.35 Å². The molecule has 1 rings (SSSR count). The van der Waals surface area contributed by atoms with Crippen LogP contribution in [0.25, 0.3) is 0 Å². The Morgan fingerprint density at radius 2 is 2.55 bits per heavy atom. The van der Waals surface area contributed by atoms with Gasteiger partial charge >= 0.3 is 0 Å². The van der Waals surface area contributed by atoms with Crippen LogP contribution in [0.1, 0.15) is 11.6 Å². The molecule has 1 aromatic heterocycles. The van der Waals surface area contributed by atoms with Crippen molar-refractivity contribution in [2.24, 2.45) is 5.84 Å². The van der Waals surface area contributed by atoms with Gasteiger partial charge in [0.1, 0.15) is 0 Å². The van der Waals surface area contributed by atoms with Gasteiger partial charge in [-0.2, -0.15) is 0 Å². The molecule has 0 aliphatic rings. The van der Waals surface area contributed by atoms with E-state index in [1.54, 1.807) is 17.4 Å². The Bertz CT molecular complexity index is 246. The van der Waals surface area contributed by atoms with Gasteiger partial charge < -0.3 is 0 Å². The van der Waals surface area contributed by atoms with E-state index in [4.69, 9.17) is 5.84 Å². The van der Waals surface area contributed by atoms with Crippen LogP contribution in [0.5, 0.6) is 0 Å². The maximum Gasteiger partial charge on any atom is 0.0701 e. The first-order valence-electron chi connectivity index (χ1n) is 3.10. The average molecular weight is 233 g/mol. The van der Waals surface area contributed by atoms with Gasteiger partial charge in [0.05, 0.1) is 9.83 Å². The number of rotatable bonds is 3. The van der Waals surface area contributed by atoms with E-state index in [1.807, 2.05) is 11.4 Å². The summed E-state index contributed by atoms with van der Waals surface area (Å²) in [6.45, 7) is 3.66. The Hall–Kier alpha value is -0.160. The quantitative estimate of drug-likeness (QED) is 0.477. The second-order valence-corrected chi connectivity index (χ2v) is 4.35. The van der Waals surface area contributed by atoms with Gasteiger partial charge in [-0.3, -0.25) is 5.84 Å². The molecule has 0 saturated carbocycles. The summed E-state index contributed by atoms with van der Waals surface area (Å²) in [5, 5.41) is 2.04. The minimum absolute atomic E-state index is 0.0533. The van der Waals surface area contributed by atoms with Crippen LogP contribution in [0, 0.1) is 0 Å². The fourth-order valence-electron chi connectivity index (χ4n) is 0.787. The lowest BCUT2D eigenvalue weighted by Gasteiger charge is -2.07. The Morgan fingerprint density at radius 1 is 1.82 bits per heavy atom. The summed E-state index contributed by atoms with van der Waals surface area (Å²) in [6.07, 6.45) is 1.77. The molecule has 0 fully saturated rings. The Balaban J connectivity index is 2.81. The van der Waals surface area contributed by atoms with Crippen molar-refractivity contribution in [1.29, 1.82) is 0 Å². The third kappa shape index (κ3) is 2.13. The normalized spacial score (nSPS) is 12.9. The maximum atomic E-state index is 5.29. The van der Waals surface area contributed by atoms with Gasteiger partial charge in [-0.1, -0.05) is 6.08 Å². The summed E-state index contributed by atoms with van der Waals surface area (Å²) < 4.78 is 1.11. The zero-order valence-corrected chi connectivity index (χ0v) is 8.28. The van der Waals surface area contributed by atoms with Crippen molar-refractivity contribution in [3.63, 3.8) is 0 Å². The molecule has 2 nitrogen and oxygen atoms in total. The van der Waals surface area contributed by atoms with Crippen molar-refractivity contribution in [2.45, 2.75) is 6.04 Å². The summed E-state index contributed by atoms with van der Waals surface area (Å²) in [5.74, 6) is 5.29. The highest BCUT2D eigenvalue weighted by atomic mass is 79.9. The molecule has 11 heavy (non-hydrogen) atoms. The first-order valence-corrected chi connectivity index (χ1v) is 4.78. The molecule has 1 heterocycles. The number of halogens is 1. The summed E-state index contributed by atoms with van der Waals surface area (Å²) in [4.78, 5) is 0. The standard InChI is InChI=1S/C7H9BrN2S/c1-2-6(10-9)5-3-7(8)11-4-5/h2-4,6,10H,1,9H2. The smallest absolute Gasteiger partial charge is 0.0701 e. The molecule has 60 valence electrons.